The number of fused-ring (bicyclic) bond motifs is 1. The molecule has 2 aromatic carbocycles. The first kappa shape index (κ1) is 18.0. The van der Waals surface area contributed by atoms with Gasteiger partial charge < -0.3 is 18.9 Å². The third kappa shape index (κ3) is 3.09. The fourth-order valence-corrected chi connectivity index (χ4v) is 3.47. The van der Waals surface area contributed by atoms with E-state index in [1.54, 1.807) is 35.2 Å². The Morgan fingerprint density at radius 2 is 2.00 bits per heavy atom. The highest BCUT2D eigenvalue weighted by atomic mass is 19.1. The molecule has 0 saturated heterocycles. The highest BCUT2D eigenvalue weighted by molar-refractivity contribution is 5.98. The summed E-state index contributed by atoms with van der Waals surface area (Å²) in [4.78, 5) is 14.9. The van der Waals surface area contributed by atoms with Crippen LogP contribution in [-0.2, 0) is 13.0 Å². The zero-order valence-corrected chi connectivity index (χ0v) is 15.6. The standard InChI is InChI=1S/C21H19FN2O4/c1-26-18-8-4-7-15(20(18)27-2)21(25)24-10-9-17-16(12-24)19(23-28-17)13-5-3-6-14(22)11-13/h3-8,11H,9-10,12H2,1-2H3. The van der Waals surface area contributed by atoms with E-state index in [4.69, 9.17) is 14.0 Å². The number of para-hydroxylation sites is 1. The molecule has 0 saturated carbocycles. The Kier molecular flexibility index (Phi) is 4.73. The molecule has 7 heteroatoms. The second kappa shape index (κ2) is 7.34. The second-order valence-electron chi connectivity index (χ2n) is 6.46. The van der Waals surface area contributed by atoms with Gasteiger partial charge >= 0.3 is 0 Å². The first-order valence-electron chi connectivity index (χ1n) is 8.86. The molecule has 0 radical (unpaired) electrons. The Hall–Kier alpha value is -3.35. The summed E-state index contributed by atoms with van der Waals surface area (Å²) in [6, 6.07) is 11.4. The largest absolute Gasteiger partial charge is 0.493 e. The zero-order valence-electron chi connectivity index (χ0n) is 15.6. The minimum Gasteiger partial charge on any atom is -0.493 e. The monoisotopic (exact) mass is 382 g/mol. The van der Waals surface area contributed by atoms with Crippen molar-refractivity contribution >= 4 is 5.91 Å². The van der Waals surface area contributed by atoms with Gasteiger partial charge in [-0.3, -0.25) is 4.79 Å². The number of hydrogen-bond donors (Lipinski definition) is 0. The van der Waals surface area contributed by atoms with E-state index >= 15 is 0 Å². The van der Waals surface area contributed by atoms with Gasteiger partial charge in [-0.05, 0) is 24.3 Å². The average molecular weight is 382 g/mol. The molecule has 4 rings (SSSR count). The Balaban J connectivity index is 1.66. The van der Waals surface area contributed by atoms with E-state index in [0.717, 1.165) is 11.3 Å². The first-order chi connectivity index (χ1) is 13.6. The molecule has 2 heterocycles. The van der Waals surface area contributed by atoms with E-state index in [1.807, 2.05) is 0 Å². The molecule has 0 aliphatic carbocycles. The highest BCUT2D eigenvalue weighted by Crippen LogP contribution is 2.34. The number of halogens is 1. The van der Waals surface area contributed by atoms with Crippen LogP contribution in [0.15, 0.2) is 47.0 Å². The van der Waals surface area contributed by atoms with Crippen molar-refractivity contribution in [3.63, 3.8) is 0 Å². The van der Waals surface area contributed by atoms with Crippen LogP contribution in [0.4, 0.5) is 4.39 Å². The number of hydrogen-bond acceptors (Lipinski definition) is 5. The van der Waals surface area contributed by atoms with E-state index in [2.05, 4.69) is 5.16 Å². The molecular formula is C21H19FN2O4. The molecule has 0 N–H and O–H groups in total. The van der Waals surface area contributed by atoms with Gasteiger partial charge in [-0.15, -0.1) is 0 Å². The molecule has 1 amide bonds. The lowest BCUT2D eigenvalue weighted by Gasteiger charge is -2.27. The third-order valence-electron chi connectivity index (χ3n) is 4.85. The fourth-order valence-electron chi connectivity index (χ4n) is 3.47. The smallest absolute Gasteiger partial charge is 0.258 e. The van der Waals surface area contributed by atoms with Gasteiger partial charge in [-0.25, -0.2) is 4.39 Å². The molecule has 3 aromatic rings. The Bertz CT molecular complexity index is 1030. The Morgan fingerprint density at radius 1 is 1.18 bits per heavy atom. The number of benzene rings is 2. The molecule has 144 valence electrons. The quantitative estimate of drug-likeness (QED) is 0.689. The summed E-state index contributed by atoms with van der Waals surface area (Å²) >= 11 is 0. The number of carbonyl (C=O) groups excluding carboxylic acids is 1. The van der Waals surface area contributed by atoms with Crippen molar-refractivity contribution in [2.24, 2.45) is 0 Å². The molecule has 1 aliphatic rings. The summed E-state index contributed by atoms with van der Waals surface area (Å²) < 4.78 is 29.8. The fraction of sp³-hybridized carbons (Fsp3) is 0.238. The number of amides is 1. The minimum atomic E-state index is -0.348. The molecule has 0 bridgehead atoms. The van der Waals surface area contributed by atoms with Crippen molar-refractivity contribution in [2.45, 2.75) is 13.0 Å². The lowest BCUT2D eigenvalue weighted by Crippen LogP contribution is -2.36. The van der Waals surface area contributed by atoms with Crippen LogP contribution in [0, 0.1) is 5.82 Å². The van der Waals surface area contributed by atoms with Crippen LogP contribution < -0.4 is 9.47 Å². The first-order valence-corrected chi connectivity index (χ1v) is 8.86. The Labute approximate surface area is 161 Å². The number of methoxy groups -OCH3 is 2. The van der Waals surface area contributed by atoms with E-state index < -0.39 is 0 Å². The van der Waals surface area contributed by atoms with Gasteiger partial charge in [0.1, 0.15) is 17.3 Å². The molecule has 0 unspecified atom stereocenters. The summed E-state index contributed by atoms with van der Waals surface area (Å²) in [5.41, 5.74) is 2.41. The molecule has 1 aliphatic heterocycles. The summed E-state index contributed by atoms with van der Waals surface area (Å²) in [6.07, 6.45) is 0.537. The van der Waals surface area contributed by atoms with Crippen LogP contribution >= 0.6 is 0 Å². The predicted molar refractivity (Wildman–Crippen MR) is 99.9 cm³/mol. The SMILES string of the molecule is COc1cccc(C(=O)N2CCc3onc(-c4cccc(F)c4)c3C2)c1OC. The lowest BCUT2D eigenvalue weighted by molar-refractivity contribution is 0.0725. The van der Waals surface area contributed by atoms with Crippen LogP contribution in [0.5, 0.6) is 11.5 Å². The van der Waals surface area contributed by atoms with Gasteiger partial charge in [0, 0.05) is 24.1 Å². The lowest BCUT2D eigenvalue weighted by atomic mass is 10.0. The van der Waals surface area contributed by atoms with Crippen molar-refractivity contribution in [2.75, 3.05) is 20.8 Å². The second-order valence-corrected chi connectivity index (χ2v) is 6.46. The predicted octanol–water partition coefficient (Wildman–Crippen LogP) is 3.70. The Morgan fingerprint density at radius 3 is 2.75 bits per heavy atom. The summed E-state index contributed by atoms with van der Waals surface area (Å²) in [7, 11) is 3.03. The number of carbonyl (C=O) groups is 1. The number of nitrogens with zero attached hydrogens (tertiary/aromatic N) is 2. The minimum absolute atomic E-state index is 0.173. The van der Waals surface area contributed by atoms with Crippen molar-refractivity contribution < 1.29 is 23.2 Å². The molecule has 0 atom stereocenters. The van der Waals surface area contributed by atoms with Crippen molar-refractivity contribution in [3.8, 4) is 22.8 Å². The number of ether oxygens (including phenoxy) is 2. The third-order valence-corrected chi connectivity index (χ3v) is 4.85. The van der Waals surface area contributed by atoms with Crippen molar-refractivity contribution in [3.05, 3.63) is 65.2 Å². The maximum absolute atomic E-state index is 13.6. The highest BCUT2D eigenvalue weighted by Gasteiger charge is 2.30. The summed E-state index contributed by atoms with van der Waals surface area (Å²) in [5.74, 6) is 1.10. The van der Waals surface area contributed by atoms with Crippen LogP contribution in [-0.4, -0.2) is 36.7 Å². The van der Waals surface area contributed by atoms with Gasteiger partial charge in [0.05, 0.1) is 26.3 Å². The van der Waals surface area contributed by atoms with Gasteiger partial charge in [0.25, 0.3) is 5.91 Å². The molecular weight excluding hydrogens is 363 g/mol. The van der Waals surface area contributed by atoms with Crippen LogP contribution in [0.3, 0.4) is 0 Å². The van der Waals surface area contributed by atoms with Crippen molar-refractivity contribution in [1.82, 2.24) is 10.1 Å². The van der Waals surface area contributed by atoms with Gasteiger partial charge in [-0.2, -0.15) is 0 Å². The number of aromatic nitrogens is 1. The topological polar surface area (TPSA) is 64.8 Å². The average Bonchev–Trinajstić information content (AvgIpc) is 3.15. The number of rotatable bonds is 4. The van der Waals surface area contributed by atoms with Gasteiger partial charge in [0.15, 0.2) is 11.5 Å². The van der Waals surface area contributed by atoms with Crippen molar-refractivity contribution in [1.29, 1.82) is 0 Å². The van der Waals surface area contributed by atoms with Gasteiger partial charge in [0.2, 0.25) is 0 Å². The summed E-state index contributed by atoms with van der Waals surface area (Å²) in [6.45, 7) is 0.813. The maximum Gasteiger partial charge on any atom is 0.258 e. The molecule has 28 heavy (non-hydrogen) atoms. The molecule has 6 nitrogen and oxygen atoms in total. The summed E-state index contributed by atoms with van der Waals surface area (Å²) in [5, 5.41) is 4.11. The maximum atomic E-state index is 13.6. The normalized spacial score (nSPS) is 13.2. The zero-order chi connectivity index (χ0) is 19.7. The molecule has 0 spiro atoms. The van der Waals surface area contributed by atoms with Crippen LogP contribution in [0.1, 0.15) is 21.7 Å². The molecule has 0 fully saturated rings. The van der Waals surface area contributed by atoms with Crippen LogP contribution in [0.25, 0.3) is 11.3 Å². The van der Waals surface area contributed by atoms with E-state index in [9.17, 15) is 9.18 Å². The van der Waals surface area contributed by atoms with E-state index in [1.165, 1.54) is 26.4 Å². The van der Waals surface area contributed by atoms with E-state index in [-0.39, 0.29) is 11.7 Å². The van der Waals surface area contributed by atoms with Crippen LogP contribution in [0.2, 0.25) is 0 Å². The molecule has 1 aromatic heterocycles. The van der Waals surface area contributed by atoms with E-state index in [0.29, 0.717) is 47.8 Å². The van der Waals surface area contributed by atoms with Gasteiger partial charge in [-0.1, -0.05) is 23.4 Å².